The Morgan fingerprint density at radius 2 is 1.96 bits per heavy atom. The van der Waals surface area contributed by atoms with Crippen molar-refractivity contribution in [3.63, 3.8) is 0 Å². The van der Waals surface area contributed by atoms with Gasteiger partial charge in [-0.15, -0.1) is 0 Å². The highest BCUT2D eigenvalue weighted by Crippen LogP contribution is 2.28. The van der Waals surface area contributed by atoms with Gasteiger partial charge in [0.15, 0.2) is 0 Å². The van der Waals surface area contributed by atoms with Crippen LogP contribution in [-0.4, -0.2) is 22.6 Å². The minimum absolute atomic E-state index is 0.0471. The Labute approximate surface area is 140 Å². The van der Waals surface area contributed by atoms with Crippen LogP contribution in [0.2, 0.25) is 5.02 Å². The number of pyridine rings is 1. The van der Waals surface area contributed by atoms with Crippen LogP contribution in [-0.2, 0) is 13.6 Å². The van der Waals surface area contributed by atoms with Crippen LogP contribution in [0, 0.1) is 5.82 Å². The highest BCUT2D eigenvalue weighted by molar-refractivity contribution is 6.30. The SMILES string of the molecule is Cn1ccc(C2CCN(Cc3ccc(F)c(Cl)c3)CC2)cc1=O. The van der Waals surface area contributed by atoms with E-state index in [1.54, 1.807) is 29.8 Å². The fraction of sp³-hybridized carbons (Fsp3) is 0.389. The number of aromatic nitrogens is 1. The summed E-state index contributed by atoms with van der Waals surface area (Å²) in [5, 5.41) is 0.178. The quantitative estimate of drug-likeness (QED) is 0.857. The van der Waals surface area contributed by atoms with Gasteiger partial charge in [0, 0.05) is 25.9 Å². The van der Waals surface area contributed by atoms with Gasteiger partial charge in [0.1, 0.15) is 5.82 Å². The fourth-order valence-corrected chi connectivity index (χ4v) is 3.34. The number of piperidine rings is 1. The van der Waals surface area contributed by atoms with Gasteiger partial charge in [0.2, 0.25) is 0 Å². The first-order chi connectivity index (χ1) is 11.0. The van der Waals surface area contributed by atoms with Crippen LogP contribution in [0.1, 0.15) is 29.9 Å². The highest BCUT2D eigenvalue weighted by Gasteiger charge is 2.21. The zero-order valence-electron chi connectivity index (χ0n) is 13.1. The third-order valence-corrected chi connectivity index (χ3v) is 4.87. The lowest BCUT2D eigenvalue weighted by Crippen LogP contribution is -2.32. The van der Waals surface area contributed by atoms with Crippen LogP contribution < -0.4 is 5.56 Å². The number of rotatable bonds is 3. The molecule has 1 aliphatic heterocycles. The van der Waals surface area contributed by atoms with Gasteiger partial charge in [0.25, 0.3) is 5.56 Å². The van der Waals surface area contributed by atoms with Crippen LogP contribution in [0.25, 0.3) is 0 Å². The largest absolute Gasteiger partial charge is 0.319 e. The molecule has 1 saturated heterocycles. The van der Waals surface area contributed by atoms with E-state index in [0.717, 1.165) is 43.6 Å². The molecule has 0 saturated carbocycles. The average Bonchev–Trinajstić information content (AvgIpc) is 2.54. The first kappa shape index (κ1) is 16.2. The van der Waals surface area contributed by atoms with Crippen molar-refractivity contribution in [2.45, 2.75) is 25.3 Å². The Kier molecular flexibility index (Phi) is 4.83. The van der Waals surface area contributed by atoms with Crippen LogP contribution in [0.3, 0.4) is 0 Å². The molecule has 0 amide bonds. The number of likely N-dealkylation sites (tertiary alicyclic amines) is 1. The van der Waals surface area contributed by atoms with Crippen molar-refractivity contribution in [1.29, 1.82) is 0 Å². The Hall–Kier alpha value is -1.65. The lowest BCUT2D eigenvalue weighted by Gasteiger charge is -2.32. The summed E-state index contributed by atoms with van der Waals surface area (Å²) in [6.07, 6.45) is 3.90. The van der Waals surface area contributed by atoms with Crippen LogP contribution in [0.5, 0.6) is 0 Å². The van der Waals surface area contributed by atoms with Crippen LogP contribution in [0.4, 0.5) is 4.39 Å². The predicted molar refractivity (Wildman–Crippen MR) is 90.3 cm³/mol. The summed E-state index contributed by atoms with van der Waals surface area (Å²) < 4.78 is 14.8. The molecule has 1 aliphatic rings. The van der Waals surface area contributed by atoms with Gasteiger partial charge in [-0.25, -0.2) is 4.39 Å². The van der Waals surface area contributed by atoms with Crippen molar-refractivity contribution in [2.24, 2.45) is 7.05 Å². The van der Waals surface area contributed by atoms with E-state index in [4.69, 9.17) is 11.6 Å². The van der Waals surface area contributed by atoms with Crippen molar-refractivity contribution < 1.29 is 4.39 Å². The molecule has 0 N–H and O–H groups in total. The lowest BCUT2D eigenvalue weighted by molar-refractivity contribution is 0.204. The first-order valence-corrected chi connectivity index (χ1v) is 8.23. The second-order valence-electron chi connectivity index (χ2n) is 6.21. The molecule has 0 unspecified atom stereocenters. The van der Waals surface area contributed by atoms with Gasteiger partial charge in [-0.1, -0.05) is 17.7 Å². The van der Waals surface area contributed by atoms with Crippen molar-refractivity contribution in [1.82, 2.24) is 9.47 Å². The fourth-order valence-electron chi connectivity index (χ4n) is 3.14. The maximum Gasteiger partial charge on any atom is 0.250 e. The van der Waals surface area contributed by atoms with Gasteiger partial charge in [0.05, 0.1) is 5.02 Å². The second-order valence-corrected chi connectivity index (χ2v) is 6.62. The molecule has 1 aromatic heterocycles. The lowest BCUT2D eigenvalue weighted by atomic mass is 9.90. The minimum Gasteiger partial charge on any atom is -0.319 e. The van der Waals surface area contributed by atoms with E-state index in [0.29, 0.717) is 5.92 Å². The second kappa shape index (κ2) is 6.85. The molecule has 23 heavy (non-hydrogen) atoms. The standard InChI is InChI=1S/C18H20ClFN2O/c1-21-7-4-15(11-18(21)23)14-5-8-22(9-6-14)12-13-2-3-17(20)16(19)10-13/h2-4,7,10-11,14H,5-6,8-9,12H2,1H3. The monoisotopic (exact) mass is 334 g/mol. The van der Waals surface area contributed by atoms with E-state index in [-0.39, 0.29) is 16.4 Å². The van der Waals surface area contributed by atoms with Gasteiger partial charge in [-0.05, 0) is 61.2 Å². The Morgan fingerprint density at radius 1 is 1.22 bits per heavy atom. The molecule has 0 bridgehead atoms. The summed E-state index contributed by atoms with van der Waals surface area (Å²) in [6.45, 7) is 2.72. The average molecular weight is 335 g/mol. The smallest absolute Gasteiger partial charge is 0.250 e. The van der Waals surface area contributed by atoms with Crippen molar-refractivity contribution in [2.75, 3.05) is 13.1 Å². The summed E-state index contributed by atoms with van der Waals surface area (Å²) in [6, 6.07) is 8.70. The van der Waals surface area contributed by atoms with Gasteiger partial charge < -0.3 is 4.57 Å². The molecule has 3 nitrogen and oxygen atoms in total. The van der Waals surface area contributed by atoms with E-state index < -0.39 is 0 Å². The third kappa shape index (κ3) is 3.82. The number of hydrogen-bond acceptors (Lipinski definition) is 2. The minimum atomic E-state index is -0.375. The summed E-state index contributed by atoms with van der Waals surface area (Å²) in [4.78, 5) is 14.1. The maximum atomic E-state index is 13.2. The molecule has 5 heteroatoms. The third-order valence-electron chi connectivity index (χ3n) is 4.58. The predicted octanol–water partition coefficient (Wildman–Crippen LogP) is 3.56. The van der Waals surface area contributed by atoms with Crippen LogP contribution in [0.15, 0.2) is 41.3 Å². The van der Waals surface area contributed by atoms with Crippen molar-refractivity contribution in [3.8, 4) is 0 Å². The van der Waals surface area contributed by atoms with Crippen molar-refractivity contribution >= 4 is 11.6 Å². The molecular weight excluding hydrogens is 315 g/mol. The van der Waals surface area contributed by atoms with Crippen molar-refractivity contribution in [3.05, 3.63) is 68.8 Å². The number of aryl methyl sites for hydroxylation is 1. The molecule has 3 rings (SSSR count). The number of hydrogen-bond donors (Lipinski definition) is 0. The Morgan fingerprint density at radius 3 is 2.61 bits per heavy atom. The van der Waals surface area contributed by atoms with Crippen LogP contribution >= 0.6 is 11.6 Å². The van der Waals surface area contributed by atoms with Gasteiger partial charge in [-0.2, -0.15) is 0 Å². The Balaban J connectivity index is 1.60. The molecule has 1 fully saturated rings. The first-order valence-electron chi connectivity index (χ1n) is 7.86. The zero-order valence-corrected chi connectivity index (χ0v) is 13.9. The normalized spacial score (nSPS) is 16.7. The number of benzene rings is 1. The van der Waals surface area contributed by atoms with Gasteiger partial charge >= 0.3 is 0 Å². The van der Waals surface area contributed by atoms with E-state index >= 15 is 0 Å². The molecule has 0 atom stereocenters. The molecule has 2 heterocycles. The van der Waals surface area contributed by atoms with E-state index in [2.05, 4.69) is 4.90 Å². The number of halogens is 2. The molecule has 0 spiro atoms. The van der Waals surface area contributed by atoms with E-state index in [1.807, 2.05) is 12.3 Å². The molecule has 0 aliphatic carbocycles. The summed E-state index contributed by atoms with van der Waals surface area (Å²) in [5.41, 5.74) is 2.21. The summed E-state index contributed by atoms with van der Waals surface area (Å²) in [5.74, 6) is 0.0664. The van der Waals surface area contributed by atoms with E-state index in [9.17, 15) is 9.18 Å². The van der Waals surface area contributed by atoms with E-state index in [1.165, 1.54) is 6.07 Å². The molecule has 0 radical (unpaired) electrons. The zero-order chi connectivity index (χ0) is 16.4. The molecule has 122 valence electrons. The topological polar surface area (TPSA) is 25.2 Å². The highest BCUT2D eigenvalue weighted by atomic mass is 35.5. The summed E-state index contributed by atoms with van der Waals surface area (Å²) >= 11 is 5.84. The summed E-state index contributed by atoms with van der Waals surface area (Å²) in [7, 11) is 1.77. The maximum absolute atomic E-state index is 13.2. The number of nitrogens with zero attached hydrogens (tertiary/aromatic N) is 2. The van der Waals surface area contributed by atoms with Gasteiger partial charge in [-0.3, -0.25) is 9.69 Å². The Bertz CT molecular complexity index is 751. The molecular formula is C18H20ClFN2O. The molecule has 1 aromatic carbocycles. The molecule has 2 aromatic rings.